The topological polar surface area (TPSA) is 50.9 Å². The molecule has 0 aromatic carbocycles. The first kappa shape index (κ1) is 12.2. The van der Waals surface area contributed by atoms with E-state index in [0.717, 1.165) is 39.6 Å². The van der Waals surface area contributed by atoms with Gasteiger partial charge in [-0.05, 0) is 20.8 Å². The first-order valence-electron chi connectivity index (χ1n) is 6.61. The third kappa shape index (κ3) is 2.32. The average molecular weight is 253 g/mol. The zero-order valence-corrected chi connectivity index (χ0v) is 11.5. The van der Waals surface area contributed by atoms with Gasteiger partial charge in [0.15, 0.2) is 0 Å². The molecule has 4 bridgehead atoms. The van der Waals surface area contributed by atoms with Crippen LogP contribution in [-0.4, -0.2) is 71.4 Å². The SMILES string of the molecule is CC(C)(C)NC(=O)NC12CN3CN(CN(C3)C1)C2. The highest BCUT2D eigenvalue weighted by atomic mass is 16.2. The van der Waals surface area contributed by atoms with Crippen LogP contribution in [0.25, 0.3) is 0 Å². The normalized spacial score (nSPS) is 41.8. The molecule has 4 rings (SSSR count). The number of nitrogens with one attached hydrogen (secondary N) is 2. The van der Waals surface area contributed by atoms with Gasteiger partial charge in [0.2, 0.25) is 0 Å². The highest BCUT2D eigenvalue weighted by molar-refractivity contribution is 5.75. The average Bonchev–Trinajstić information content (AvgIpc) is 2.09. The van der Waals surface area contributed by atoms with Crippen LogP contribution in [0.3, 0.4) is 0 Å². The summed E-state index contributed by atoms with van der Waals surface area (Å²) in [4.78, 5) is 19.3. The van der Waals surface area contributed by atoms with E-state index in [4.69, 9.17) is 0 Å². The van der Waals surface area contributed by atoms with Crippen LogP contribution in [0.1, 0.15) is 20.8 Å². The Labute approximate surface area is 108 Å². The van der Waals surface area contributed by atoms with E-state index in [1.165, 1.54) is 0 Å². The molecule has 0 atom stereocenters. The van der Waals surface area contributed by atoms with Gasteiger partial charge in [-0.15, -0.1) is 0 Å². The second kappa shape index (κ2) is 3.82. The Hall–Kier alpha value is -0.850. The number of urea groups is 1. The van der Waals surface area contributed by atoms with Gasteiger partial charge in [0.1, 0.15) is 0 Å². The highest BCUT2D eigenvalue weighted by Crippen LogP contribution is 2.28. The number of hydrogen-bond acceptors (Lipinski definition) is 4. The first-order chi connectivity index (χ1) is 8.34. The number of nitrogens with zero attached hydrogens (tertiary/aromatic N) is 3. The lowest BCUT2D eigenvalue weighted by Gasteiger charge is -2.60. The predicted octanol–water partition coefficient (Wildman–Crippen LogP) is -0.358. The van der Waals surface area contributed by atoms with Crippen LogP contribution >= 0.6 is 0 Å². The number of carbonyl (C=O) groups excluding carboxylic acids is 1. The summed E-state index contributed by atoms with van der Waals surface area (Å²) in [6, 6.07) is -0.0481. The molecule has 4 saturated heterocycles. The van der Waals surface area contributed by atoms with Crippen molar-refractivity contribution in [2.24, 2.45) is 0 Å². The smallest absolute Gasteiger partial charge is 0.315 e. The van der Waals surface area contributed by atoms with Gasteiger partial charge in [0.05, 0.1) is 25.5 Å². The van der Waals surface area contributed by atoms with Crippen molar-refractivity contribution in [2.45, 2.75) is 31.8 Å². The van der Waals surface area contributed by atoms with Crippen molar-refractivity contribution >= 4 is 6.03 Å². The zero-order valence-electron chi connectivity index (χ0n) is 11.5. The molecule has 0 spiro atoms. The van der Waals surface area contributed by atoms with Crippen LogP contribution in [0.15, 0.2) is 0 Å². The van der Waals surface area contributed by atoms with E-state index in [-0.39, 0.29) is 17.1 Å². The van der Waals surface area contributed by atoms with Gasteiger partial charge in [-0.3, -0.25) is 14.7 Å². The second-order valence-electron chi connectivity index (χ2n) is 7.02. The van der Waals surface area contributed by atoms with Crippen molar-refractivity contribution in [2.75, 3.05) is 39.6 Å². The van der Waals surface area contributed by atoms with Crippen molar-refractivity contribution in [3.63, 3.8) is 0 Å². The molecular weight excluding hydrogens is 230 g/mol. The van der Waals surface area contributed by atoms with Crippen molar-refractivity contribution in [3.8, 4) is 0 Å². The Balaban J connectivity index is 1.67. The fourth-order valence-electron chi connectivity index (χ4n) is 3.45. The Morgan fingerprint density at radius 3 is 1.83 bits per heavy atom. The Kier molecular flexibility index (Phi) is 2.59. The van der Waals surface area contributed by atoms with Crippen molar-refractivity contribution < 1.29 is 4.79 Å². The van der Waals surface area contributed by atoms with Crippen LogP contribution in [-0.2, 0) is 0 Å². The largest absolute Gasteiger partial charge is 0.334 e. The fraction of sp³-hybridized carbons (Fsp3) is 0.917. The molecule has 6 heteroatoms. The third-order valence-electron chi connectivity index (χ3n) is 3.65. The zero-order chi connectivity index (χ0) is 13.0. The standard InChI is InChI=1S/C12H23N5O/c1-11(2,3)13-10(18)14-12-4-15-7-16(5-12)9-17(6-12)8-15/h4-9H2,1-3H3,(H2,13,14,18). The number of carbonyl (C=O) groups is 1. The van der Waals surface area contributed by atoms with Gasteiger partial charge in [-0.1, -0.05) is 0 Å². The molecular formula is C12H23N5O. The molecule has 0 unspecified atom stereocenters. The molecule has 2 amide bonds. The van der Waals surface area contributed by atoms with Gasteiger partial charge in [-0.25, -0.2) is 4.79 Å². The van der Waals surface area contributed by atoms with E-state index >= 15 is 0 Å². The van der Waals surface area contributed by atoms with Gasteiger partial charge >= 0.3 is 6.03 Å². The third-order valence-corrected chi connectivity index (χ3v) is 3.65. The van der Waals surface area contributed by atoms with Gasteiger partial charge in [0, 0.05) is 25.2 Å². The molecule has 4 aliphatic heterocycles. The van der Waals surface area contributed by atoms with Gasteiger partial charge in [-0.2, -0.15) is 0 Å². The fourth-order valence-corrected chi connectivity index (χ4v) is 3.45. The monoisotopic (exact) mass is 253 g/mol. The molecule has 0 radical (unpaired) electrons. The van der Waals surface area contributed by atoms with Crippen LogP contribution in [0, 0.1) is 0 Å². The molecule has 4 aliphatic rings. The second-order valence-corrected chi connectivity index (χ2v) is 7.02. The van der Waals surface area contributed by atoms with Gasteiger partial charge in [0.25, 0.3) is 0 Å². The minimum atomic E-state index is -0.187. The number of rotatable bonds is 1. The minimum Gasteiger partial charge on any atom is -0.334 e. The van der Waals surface area contributed by atoms with Crippen molar-refractivity contribution in [1.82, 2.24) is 25.3 Å². The molecule has 4 heterocycles. The summed E-state index contributed by atoms with van der Waals surface area (Å²) in [6.07, 6.45) is 0. The summed E-state index contributed by atoms with van der Waals surface area (Å²) in [5, 5.41) is 6.19. The van der Waals surface area contributed by atoms with E-state index in [0.29, 0.717) is 0 Å². The quantitative estimate of drug-likeness (QED) is 0.670. The first-order valence-corrected chi connectivity index (χ1v) is 6.61. The van der Waals surface area contributed by atoms with Crippen LogP contribution in [0.2, 0.25) is 0 Å². The van der Waals surface area contributed by atoms with Crippen LogP contribution < -0.4 is 10.6 Å². The Morgan fingerprint density at radius 2 is 1.44 bits per heavy atom. The molecule has 0 aromatic heterocycles. The van der Waals surface area contributed by atoms with Crippen molar-refractivity contribution in [3.05, 3.63) is 0 Å². The van der Waals surface area contributed by atoms with Crippen LogP contribution in [0.4, 0.5) is 4.79 Å². The summed E-state index contributed by atoms with van der Waals surface area (Å²) in [5.41, 5.74) is -0.280. The molecule has 6 nitrogen and oxygen atoms in total. The molecule has 2 N–H and O–H groups in total. The van der Waals surface area contributed by atoms with E-state index < -0.39 is 0 Å². The van der Waals surface area contributed by atoms with E-state index in [1.54, 1.807) is 0 Å². The number of amides is 2. The Bertz CT molecular complexity index is 327. The summed E-state index contributed by atoms with van der Waals surface area (Å²) in [7, 11) is 0. The van der Waals surface area contributed by atoms with Crippen molar-refractivity contribution in [1.29, 1.82) is 0 Å². The maximum Gasteiger partial charge on any atom is 0.315 e. The molecule has 0 aromatic rings. The van der Waals surface area contributed by atoms with E-state index in [2.05, 4.69) is 25.3 Å². The predicted molar refractivity (Wildman–Crippen MR) is 68.9 cm³/mol. The maximum absolute atomic E-state index is 12.1. The van der Waals surface area contributed by atoms with E-state index in [9.17, 15) is 4.79 Å². The number of hydrogen-bond donors (Lipinski definition) is 2. The lowest BCUT2D eigenvalue weighted by molar-refractivity contribution is -0.146. The van der Waals surface area contributed by atoms with Gasteiger partial charge < -0.3 is 10.6 Å². The summed E-state index contributed by atoms with van der Waals surface area (Å²) in [6.45, 7) is 12.0. The molecule has 4 fully saturated rings. The van der Waals surface area contributed by atoms with Crippen LogP contribution in [0.5, 0.6) is 0 Å². The lowest BCUT2D eigenvalue weighted by Crippen LogP contribution is -2.80. The Morgan fingerprint density at radius 1 is 1.00 bits per heavy atom. The molecule has 18 heavy (non-hydrogen) atoms. The molecule has 0 aliphatic carbocycles. The summed E-state index contributed by atoms with van der Waals surface area (Å²) < 4.78 is 0. The molecule has 102 valence electrons. The maximum atomic E-state index is 12.1. The summed E-state index contributed by atoms with van der Waals surface area (Å²) >= 11 is 0. The molecule has 0 saturated carbocycles. The lowest BCUT2D eigenvalue weighted by atomic mass is 9.91. The minimum absolute atomic E-state index is 0.0481. The summed E-state index contributed by atoms with van der Waals surface area (Å²) in [5.74, 6) is 0. The van der Waals surface area contributed by atoms with E-state index in [1.807, 2.05) is 20.8 Å². The highest BCUT2D eigenvalue weighted by Gasteiger charge is 2.49.